The minimum atomic E-state index is -0.0853. The molecule has 1 fully saturated rings. The molecule has 5 nitrogen and oxygen atoms in total. The Hall–Kier alpha value is -1.75. The zero-order chi connectivity index (χ0) is 17.4. The highest BCUT2D eigenvalue weighted by atomic mass is 16.5. The molecule has 1 aromatic rings. The number of benzene rings is 1. The molecular weight excluding hydrogens is 304 g/mol. The van der Waals surface area contributed by atoms with E-state index in [0.717, 1.165) is 19.0 Å². The van der Waals surface area contributed by atoms with Crippen molar-refractivity contribution in [3.8, 4) is 11.5 Å². The third-order valence-corrected chi connectivity index (χ3v) is 4.74. The maximum atomic E-state index is 12.3. The minimum absolute atomic E-state index is 0.0853. The van der Waals surface area contributed by atoms with Crippen LogP contribution in [-0.2, 0) is 0 Å². The average Bonchev–Trinajstić information content (AvgIpc) is 2.64. The van der Waals surface area contributed by atoms with Gasteiger partial charge in [-0.25, -0.2) is 0 Å². The molecule has 1 saturated heterocycles. The molecular formula is C19H30N2O3. The van der Waals surface area contributed by atoms with E-state index < -0.39 is 0 Å². The van der Waals surface area contributed by atoms with Gasteiger partial charge in [0.25, 0.3) is 5.91 Å². The van der Waals surface area contributed by atoms with Gasteiger partial charge < -0.3 is 19.7 Å². The molecule has 0 aliphatic carbocycles. The highest BCUT2D eigenvalue weighted by Crippen LogP contribution is 2.22. The molecule has 0 bridgehead atoms. The van der Waals surface area contributed by atoms with Crippen LogP contribution in [0.1, 0.15) is 49.4 Å². The maximum Gasteiger partial charge on any atom is 0.251 e. The molecule has 24 heavy (non-hydrogen) atoms. The van der Waals surface area contributed by atoms with Crippen LogP contribution in [0.25, 0.3) is 0 Å². The highest BCUT2D eigenvalue weighted by Gasteiger charge is 2.19. The standard InChI is InChI=1S/C19H30N2O3/c1-4-16-8-5-6-10-21(16)11-7-9-20-19(22)15-12-17(23-2)14-18(13-15)24-3/h12-14,16H,4-11H2,1-3H3,(H,20,22)/t16-/m1/s1. The number of hydrogen-bond acceptors (Lipinski definition) is 4. The summed E-state index contributed by atoms with van der Waals surface area (Å²) in [6.07, 6.45) is 6.15. The van der Waals surface area contributed by atoms with Crippen LogP contribution in [0.15, 0.2) is 18.2 Å². The Balaban J connectivity index is 1.80. The van der Waals surface area contributed by atoms with Crippen molar-refractivity contribution < 1.29 is 14.3 Å². The minimum Gasteiger partial charge on any atom is -0.497 e. The van der Waals surface area contributed by atoms with Gasteiger partial charge in [0.05, 0.1) is 14.2 Å². The van der Waals surface area contributed by atoms with E-state index in [0.29, 0.717) is 23.6 Å². The van der Waals surface area contributed by atoms with E-state index in [1.54, 1.807) is 32.4 Å². The van der Waals surface area contributed by atoms with Gasteiger partial charge in [0, 0.05) is 30.8 Å². The van der Waals surface area contributed by atoms with Crippen LogP contribution in [0.2, 0.25) is 0 Å². The van der Waals surface area contributed by atoms with Crippen molar-refractivity contribution in [1.82, 2.24) is 10.2 Å². The van der Waals surface area contributed by atoms with Crippen molar-refractivity contribution in [3.63, 3.8) is 0 Å². The first-order valence-electron chi connectivity index (χ1n) is 8.93. The average molecular weight is 334 g/mol. The van der Waals surface area contributed by atoms with E-state index in [1.165, 1.54) is 32.2 Å². The molecule has 1 aromatic carbocycles. The second kappa shape index (κ2) is 9.52. The summed E-state index contributed by atoms with van der Waals surface area (Å²) < 4.78 is 10.4. The Labute approximate surface area is 145 Å². The summed E-state index contributed by atoms with van der Waals surface area (Å²) in [4.78, 5) is 14.9. The van der Waals surface area contributed by atoms with Gasteiger partial charge in [-0.2, -0.15) is 0 Å². The molecule has 0 aromatic heterocycles. The maximum absolute atomic E-state index is 12.3. The van der Waals surface area contributed by atoms with Crippen molar-refractivity contribution >= 4 is 5.91 Å². The molecule has 1 N–H and O–H groups in total. The Morgan fingerprint density at radius 1 is 1.21 bits per heavy atom. The number of carbonyl (C=O) groups excluding carboxylic acids is 1. The van der Waals surface area contributed by atoms with E-state index in [4.69, 9.17) is 9.47 Å². The fourth-order valence-electron chi connectivity index (χ4n) is 3.34. The largest absolute Gasteiger partial charge is 0.497 e. The van der Waals surface area contributed by atoms with Crippen molar-refractivity contribution in [2.75, 3.05) is 33.9 Å². The van der Waals surface area contributed by atoms with Gasteiger partial charge in [0.15, 0.2) is 0 Å². The summed E-state index contributed by atoms with van der Waals surface area (Å²) in [5.74, 6) is 1.16. The predicted molar refractivity (Wildman–Crippen MR) is 96.0 cm³/mol. The predicted octanol–water partition coefficient (Wildman–Crippen LogP) is 3.09. The fourth-order valence-corrected chi connectivity index (χ4v) is 3.34. The first-order valence-corrected chi connectivity index (χ1v) is 8.93. The van der Waals surface area contributed by atoms with E-state index >= 15 is 0 Å². The molecule has 1 atom stereocenters. The van der Waals surface area contributed by atoms with E-state index in [2.05, 4.69) is 17.1 Å². The molecule has 0 unspecified atom stereocenters. The Morgan fingerprint density at radius 3 is 2.54 bits per heavy atom. The van der Waals surface area contributed by atoms with E-state index in [1.807, 2.05) is 0 Å². The van der Waals surface area contributed by atoms with Crippen molar-refractivity contribution in [2.24, 2.45) is 0 Å². The molecule has 1 amide bonds. The van der Waals surface area contributed by atoms with E-state index in [9.17, 15) is 4.79 Å². The van der Waals surface area contributed by atoms with Crippen molar-refractivity contribution in [2.45, 2.75) is 45.1 Å². The Kier molecular flexibility index (Phi) is 7.37. The second-order valence-electron chi connectivity index (χ2n) is 6.30. The monoisotopic (exact) mass is 334 g/mol. The number of piperidine rings is 1. The van der Waals surface area contributed by atoms with Crippen LogP contribution >= 0.6 is 0 Å². The summed E-state index contributed by atoms with van der Waals surface area (Å²) >= 11 is 0. The van der Waals surface area contributed by atoms with Crippen LogP contribution in [0.5, 0.6) is 11.5 Å². The normalized spacial score (nSPS) is 18.2. The highest BCUT2D eigenvalue weighted by molar-refractivity contribution is 5.95. The lowest BCUT2D eigenvalue weighted by molar-refractivity contribution is 0.0946. The molecule has 1 aliphatic heterocycles. The quantitative estimate of drug-likeness (QED) is 0.742. The molecule has 2 rings (SSSR count). The number of likely N-dealkylation sites (tertiary alicyclic amines) is 1. The van der Waals surface area contributed by atoms with Gasteiger partial charge in [0.2, 0.25) is 0 Å². The topological polar surface area (TPSA) is 50.8 Å². The van der Waals surface area contributed by atoms with Crippen LogP contribution in [0.3, 0.4) is 0 Å². The fraction of sp³-hybridized carbons (Fsp3) is 0.632. The van der Waals surface area contributed by atoms with E-state index in [-0.39, 0.29) is 5.91 Å². The van der Waals surface area contributed by atoms with Crippen molar-refractivity contribution in [3.05, 3.63) is 23.8 Å². The Morgan fingerprint density at radius 2 is 1.92 bits per heavy atom. The first kappa shape index (κ1) is 18.6. The zero-order valence-corrected chi connectivity index (χ0v) is 15.1. The molecule has 1 heterocycles. The summed E-state index contributed by atoms with van der Waals surface area (Å²) in [6.45, 7) is 5.20. The molecule has 134 valence electrons. The number of nitrogens with zero attached hydrogens (tertiary/aromatic N) is 1. The van der Waals surface area contributed by atoms with Crippen LogP contribution < -0.4 is 14.8 Å². The number of ether oxygens (including phenoxy) is 2. The van der Waals surface area contributed by atoms with Gasteiger partial charge in [0.1, 0.15) is 11.5 Å². The SMILES string of the molecule is CC[C@@H]1CCCCN1CCCNC(=O)c1cc(OC)cc(OC)c1. The molecule has 0 spiro atoms. The van der Waals surface area contributed by atoms with Gasteiger partial charge in [-0.1, -0.05) is 13.3 Å². The first-order chi connectivity index (χ1) is 11.7. The summed E-state index contributed by atoms with van der Waals surface area (Å²) in [7, 11) is 3.17. The lowest BCUT2D eigenvalue weighted by atomic mass is 10.00. The molecule has 0 saturated carbocycles. The Bertz CT molecular complexity index is 511. The number of methoxy groups -OCH3 is 2. The zero-order valence-electron chi connectivity index (χ0n) is 15.1. The summed E-state index contributed by atoms with van der Waals surface area (Å²) in [5, 5.41) is 3.00. The third kappa shape index (κ3) is 5.13. The summed E-state index contributed by atoms with van der Waals surface area (Å²) in [6, 6.07) is 5.94. The van der Waals surface area contributed by atoms with Gasteiger partial charge in [-0.3, -0.25) is 4.79 Å². The lowest BCUT2D eigenvalue weighted by Crippen LogP contribution is -2.40. The number of carbonyl (C=O) groups is 1. The third-order valence-electron chi connectivity index (χ3n) is 4.74. The van der Waals surface area contributed by atoms with Crippen LogP contribution in [0.4, 0.5) is 0 Å². The lowest BCUT2D eigenvalue weighted by Gasteiger charge is -2.35. The van der Waals surface area contributed by atoms with Crippen LogP contribution in [0, 0.1) is 0 Å². The van der Waals surface area contributed by atoms with Crippen LogP contribution in [-0.4, -0.2) is 50.7 Å². The number of rotatable bonds is 8. The number of hydrogen-bond donors (Lipinski definition) is 1. The van der Waals surface area contributed by atoms with Gasteiger partial charge >= 0.3 is 0 Å². The summed E-state index contributed by atoms with van der Waals surface area (Å²) in [5.41, 5.74) is 0.565. The second-order valence-corrected chi connectivity index (χ2v) is 6.30. The molecule has 1 aliphatic rings. The molecule has 5 heteroatoms. The van der Waals surface area contributed by atoms with Gasteiger partial charge in [-0.05, 0) is 44.4 Å². The number of amides is 1. The van der Waals surface area contributed by atoms with Crippen molar-refractivity contribution in [1.29, 1.82) is 0 Å². The molecule has 0 radical (unpaired) electrons. The smallest absolute Gasteiger partial charge is 0.251 e. The van der Waals surface area contributed by atoms with Gasteiger partial charge in [-0.15, -0.1) is 0 Å². The number of nitrogens with one attached hydrogen (secondary N) is 1.